The molecule has 0 aliphatic carbocycles. The van der Waals surface area contributed by atoms with E-state index in [1.807, 2.05) is 44.6 Å². The van der Waals surface area contributed by atoms with Gasteiger partial charge < -0.3 is 14.6 Å². The Morgan fingerprint density at radius 3 is 2.61 bits per heavy atom. The van der Waals surface area contributed by atoms with E-state index in [4.69, 9.17) is 9.72 Å². The molecule has 6 rings (SSSR count). The fraction of sp³-hybridized carbons (Fsp3) is 0.154. The molecule has 0 spiro atoms. The lowest BCUT2D eigenvalue weighted by molar-refractivity contribution is 0.261. The van der Waals surface area contributed by atoms with Crippen molar-refractivity contribution in [2.45, 2.75) is 0 Å². The number of H-pyrrole nitrogens is 2. The Balaban J connectivity index is 1.38. The van der Waals surface area contributed by atoms with Gasteiger partial charge in [-0.05, 0) is 43.9 Å². The number of aromatic amines is 2. The number of fused-ring (bicyclic) bond motifs is 2. The van der Waals surface area contributed by atoms with Crippen molar-refractivity contribution in [3.8, 4) is 39.7 Å². The van der Waals surface area contributed by atoms with Crippen molar-refractivity contribution in [2.24, 2.45) is 0 Å². The van der Waals surface area contributed by atoms with Crippen molar-refractivity contribution in [3.63, 3.8) is 0 Å². The maximum atomic E-state index is 5.85. The minimum atomic E-state index is 0.582. The van der Waals surface area contributed by atoms with Crippen LogP contribution in [0.4, 0.5) is 0 Å². The Morgan fingerprint density at radius 2 is 1.75 bits per heavy atom. The zero-order chi connectivity index (χ0) is 24.5. The molecule has 0 aliphatic heterocycles. The van der Waals surface area contributed by atoms with Gasteiger partial charge in [-0.25, -0.2) is 4.98 Å². The van der Waals surface area contributed by atoms with Crippen molar-refractivity contribution in [3.05, 3.63) is 67.6 Å². The Morgan fingerprint density at radius 1 is 0.889 bits per heavy atom. The molecular weight excluding hydrogens is 454 g/mol. The first-order valence-corrected chi connectivity index (χ1v) is 11.5. The summed E-state index contributed by atoms with van der Waals surface area (Å²) in [4.78, 5) is 27.8. The number of imidazole rings is 1. The van der Waals surface area contributed by atoms with E-state index in [1.54, 1.807) is 37.2 Å². The second-order valence-corrected chi connectivity index (χ2v) is 8.65. The molecule has 6 aromatic heterocycles. The molecule has 0 aromatic carbocycles. The molecule has 178 valence electrons. The first kappa shape index (κ1) is 21.8. The number of hydrogen-bond donors (Lipinski definition) is 2. The maximum absolute atomic E-state index is 5.85. The summed E-state index contributed by atoms with van der Waals surface area (Å²) >= 11 is 0. The maximum Gasteiger partial charge on any atom is 0.159 e. The van der Waals surface area contributed by atoms with Gasteiger partial charge in [0.05, 0.1) is 40.8 Å². The number of nitrogens with zero attached hydrogens (tertiary/aromatic N) is 7. The summed E-state index contributed by atoms with van der Waals surface area (Å²) in [7, 11) is 4.02. The highest BCUT2D eigenvalue weighted by atomic mass is 16.5. The lowest BCUT2D eigenvalue weighted by atomic mass is 10.1. The summed E-state index contributed by atoms with van der Waals surface area (Å²) in [6.45, 7) is 1.40. The Kier molecular flexibility index (Phi) is 5.55. The number of pyridine rings is 4. The highest BCUT2D eigenvalue weighted by molar-refractivity contribution is 5.97. The Bertz CT molecular complexity index is 1660. The molecule has 2 N–H and O–H groups in total. The molecule has 10 nitrogen and oxygen atoms in total. The van der Waals surface area contributed by atoms with E-state index >= 15 is 0 Å². The van der Waals surface area contributed by atoms with Gasteiger partial charge in [0.25, 0.3) is 0 Å². The van der Waals surface area contributed by atoms with Gasteiger partial charge in [0.15, 0.2) is 5.82 Å². The number of rotatable bonds is 7. The van der Waals surface area contributed by atoms with Crippen LogP contribution < -0.4 is 4.74 Å². The molecule has 6 aromatic rings. The number of aromatic nitrogens is 8. The van der Waals surface area contributed by atoms with E-state index in [0.717, 1.165) is 50.9 Å². The van der Waals surface area contributed by atoms with E-state index in [1.165, 1.54) is 0 Å². The number of nitrogens with one attached hydrogen (secondary N) is 2. The summed E-state index contributed by atoms with van der Waals surface area (Å²) in [5.74, 6) is 1.35. The average Bonchev–Trinajstić information content (AvgIpc) is 3.53. The van der Waals surface area contributed by atoms with E-state index < -0.39 is 0 Å². The Hall–Kier alpha value is -4.70. The van der Waals surface area contributed by atoms with E-state index in [0.29, 0.717) is 23.9 Å². The molecule has 0 radical (unpaired) electrons. The monoisotopic (exact) mass is 477 g/mol. The standard InChI is InChI=1S/C26H23N9O/c1-35(2)7-8-36-18-9-17(11-28-12-18)21-10-19-22(15-30-21)33-34-25(19)26-31-23-14-29-13-20(24(23)32-26)16-3-5-27-6-4-16/h3-6,9-15H,7-8H2,1-2H3,(H,31,32)(H,33,34). The van der Waals surface area contributed by atoms with Gasteiger partial charge in [-0.1, -0.05) is 0 Å². The molecule has 6 heterocycles. The molecule has 0 bridgehead atoms. The third-order valence-corrected chi connectivity index (χ3v) is 5.87. The van der Waals surface area contributed by atoms with Crippen LogP contribution in [0.25, 0.3) is 55.8 Å². The van der Waals surface area contributed by atoms with E-state index in [-0.39, 0.29) is 0 Å². The topological polar surface area (TPSA) is 121 Å². The SMILES string of the molecule is CN(C)CCOc1cncc(-c2cc3c(-c4nc5c(-c6ccncc6)cncc5[nH]4)n[nH]c3cn2)c1. The molecule has 0 fully saturated rings. The predicted molar refractivity (Wildman–Crippen MR) is 137 cm³/mol. The lowest BCUT2D eigenvalue weighted by Gasteiger charge is -2.11. The molecule has 0 saturated heterocycles. The van der Waals surface area contributed by atoms with Gasteiger partial charge in [-0.15, -0.1) is 0 Å². The zero-order valence-corrected chi connectivity index (χ0v) is 19.8. The van der Waals surface area contributed by atoms with Gasteiger partial charge >= 0.3 is 0 Å². The molecule has 0 unspecified atom stereocenters. The first-order valence-electron chi connectivity index (χ1n) is 11.5. The van der Waals surface area contributed by atoms with Gasteiger partial charge in [0.1, 0.15) is 18.1 Å². The number of ether oxygens (including phenoxy) is 1. The van der Waals surface area contributed by atoms with Crippen LogP contribution in [0.15, 0.2) is 67.6 Å². The smallest absolute Gasteiger partial charge is 0.159 e. The fourth-order valence-electron chi connectivity index (χ4n) is 4.03. The third-order valence-electron chi connectivity index (χ3n) is 5.87. The van der Waals surface area contributed by atoms with Crippen LogP contribution in [0.2, 0.25) is 0 Å². The summed E-state index contributed by atoms with van der Waals surface area (Å²) in [5, 5.41) is 8.50. The second-order valence-electron chi connectivity index (χ2n) is 8.65. The average molecular weight is 478 g/mol. The largest absolute Gasteiger partial charge is 0.491 e. The Labute approximate surface area is 206 Å². The molecular formula is C26H23N9O. The van der Waals surface area contributed by atoms with Crippen LogP contribution in [-0.2, 0) is 0 Å². The number of hydrogen-bond acceptors (Lipinski definition) is 8. The van der Waals surface area contributed by atoms with Crippen LogP contribution in [-0.4, -0.2) is 72.2 Å². The minimum Gasteiger partial charge on any atom is -0.491 e. The molecule has 10 heteroatoms. The van der Waals surface area contributed by atoms with E-state index in [9.17, 15) is 0 Å². The zero-order valence-electron chi connectivity index (χ0n) is 19.8. The number of likely N-dealkylation sites (N-methyl/N-ethyl adjacent to an activating group) is 1. The normalized spacial score (nSPS) is 11.5. The van der Waals surface area contributed by atoms with Crippen LogP contribution >= 0.6 is 0 Å². The quantitative estimate of drug-likeness (QED) is 0.354. The molecule has 0 aliphatic rings. The van der Waals surface area contributed by atoms with Crippen LogP contribution in [0, 0.1) is 0 Å². The summed E-state index contributed by atoms with van der Waals surface area (Å²) in [6, 6.07) is 7.83. The van der Waals surface area contributed by atoms with Gasteiger partial charge in [0, 0.05) is 47.8 Å². The third kappa shape index (κ3) is 4.14. The molecule has 36 heavy (non-hydrogen) atoms. The van der Waals surface area contributed by atoms with Crippen molar-refractivity contribution in [1.82, 2.24) is 45.0 Å². The van der Waals surface area contributed by atoms with Gasteiger partial charge in [-0.3, -0.25) is 25.0 Å². The van der Waals surface area contributed by atoms with Crippen LogP contribution in [0.5, 0.6) is 5.75 Å². The second kappa shape index (κ2) is 9.16. The van der Waals surface area contributed by atoms with Gasteiger partial charge in [0.2, 0.25) is 0 Å². The van der Waals surface area contributed by atoms with Crippen molar-refractivity contribution in [2.75, 3.05) is 27.2 Å². The van der Waals surface area contributed by atoms with E-state index in [2.05, 4.69) is 40.0 Å². The highest BCUT2D eigenvalue weighted by Crippen LogP contribution is 2.32. The van der Waals surface area contributed by atoms with Crippen molar-refractivity contribution < 1.29 is 4.74 Å². The van der Waals surface area contributed by atoms with Crippen LogP contribution in [0.1, 0.15) is 0 Å². The first-order chi connectivity index (χ1) is 17.7. The molecule has 0 saturated carbocycles. The van der Waals surface area contributed by atoms with Crippen molar-refractivity contribution in [1.29, 1.82) is 0 Å². The van der Waals surface area contributed by atoms with Crippen LogP contribution in [0.3, 0.4) is 0 Å². The van der Waals surface area contributed by atoms with Crippen molar-refractivity contribution >= 4 is 21.9 Å². The highest BCUT2D eigenvalue weighted by Gasteiger charge is 2.16. The van der Waals surface area contributed by atoms with Gasteiger partial charge in [-0.2, -0.15) is 5.10 Å². The lowest BCUT2D eigenvalue weighted by Crippen LogP contribution is -2.19. The molecule has 0 atom stereocenters. The summed E-state index contributed by atoms with van der Waals surface area (Å²) in [6.07, 6.45) is 12.4. The summed E-state index contributed by atoms with van der Waals surface area (Å²) < 4.78 is 5.85. The fourth-order valence-corrected chi connectivity index (χ4v) is 4.03. The molecule has 0 amide bonds. The predicted octanol–water partition coefficient (Wildman–Crippen LogP) is 3.96. The summed E-state index contributed by atoms with van der Waals surface area (Å²) in [5.41, 5.74) is 6.73. The minimum absolute atomic E-state index is 0.582.